The quantitative estimate of drug-likeness (QED) is 0.831. The molecule has 1 atom stereocenters. The van der Waals surface area contributed by atoms with Crippen molar-refractivity contribution in [3.63, 3.8) is 0 Å². The number of hydroxylamine groups is 2. The van der Waals surface area contributed by atoms with Crippen molar-refractivity contribution in [2.24, 2.45) is 0 Å². The van der Waals surface area contributed by atoms with Gasteiger partial charge in [0.1, 0.15) is 0 Å². The van der Waals surface area contributed by atoms with Gasteiger partial charge in [0.2, 0.25) is 5.91 Å². The van der Waals surface area contributed by atoms with Crippen LogP contribution in [0.1, 0.15) is 37.4 Å². The monoisotopic (exact) mass is 320 g/mol. The molecule has 0 aromatic carbocycles. The number of ether oxygens (including phenoxy) is 1. The molecule has 23 heavy (non-hydrogen) atoms. The van der Waals surface area contributed by atoms with Gasteiger partial charge in [-0.25, -0.2) is 5.06 Å². The Labute approximate surface area is 136 Å². The van der Waals surface area contributed by atoms with Crippen molar-refractivity contribution in [2.45, 2.75) is 44.3 Å². The molecule has 3 aliphatic heterocycles. The highest BCUT2D eigenvalue weighted by Gasteiger charge is 2.33. The lowest BCUT2D eigenvalue weighted by atomic mass is 10.0. The largest absolute Gasteiger partial charge is 0.381 e. The minimum Gasteiger partial charge on any atom is -0.381 e. The summed E-state index contributed by atoms with van der Waals surface area (Å²) in [4.78, 5) is 20.3. The van der Waals surface area contributed by atoms with Crippen LogP contribution >= 0.6 is 0 Å². The summed E-state index contributed by atoms with van der Waals surface area (Å²) in [5.74, 6) is 0.0720. The third-order valence-corrected chi connectivity index (χ3v) is 5.06. The van der Waals surface area contributed by atoms with E-state index in [0.717, 1.165) is 45.6 Å². The maximum Gasteiger partial charge on any atom is 0.248 e. The Morgan fingerprint density at radius 1 is 1.30 bits per heavy atom. The summed E-state index contributed by atoms with van der Waals surface area (Å²) in [5.41, 5.74) is 1.20. The van der Waals surface area contributed by atoms with Crippen LogP contribution < -0.4 is 0 Å². The fraction of sp³-hybridized carbons (Fsp3) is 0.750. The first-order chi connectivity index (χ1) is 11.3. The topological polar surface area (TPSA) is 59.8 Å². The Morgan fingerprint density at radius 2 is 2.17 bits per heavy atom. The van der Waals surface area contributed by atoms with Gasteiger partial charge in [0.05, 0.1) is 31.3 Å². The van der Waals surface area contributed by atoms with Crippen LogP contribution in [0.4, 0.5) is 0 Å². The first-order valence-corrected chi connectivity index (χ1v) is 8.59. The molecule has 7 nitrogen and oxygen atoms in total. The lowest BCUT2D eigenvalue weighted by Gasteiger charge is -2.40. The highest BCUT2D eigenvalue weighted by molar-refractivity contribution is 5.75. The van der Waals surface area contributed by atoms with Crippen molar-refractivity contribution in [2.75, 3.05) is 32.9 Å². The molecule has 0 radical (unpaired) electrons. The third-order valence-electron chi connectivity index (χ3n) is 5.06. The van der Waals surface area contributed by atoms with Crippen molar-refractivity contribution in [1.82, 2.24) is 19.7 Å². The minimum atomic E-state index is 0.0720. The Hall–Kier alpha value is -1.44. The second kappa shape index (κ2) is 6.59. The van der Waals surface area contributed by atoms with Crippen LogP contribution in [0, 0.1) is 0 Å². The fourth-order valence-electron chi connectivity index (χ4n) is 3.84. The van der Waals surface area contributed by atoms with Crippen molar-refractivity contribution in [1.29, 1.82) is 0 Å². The number of hydrogen-bond acceptors (Lipinski definition) is 5. The summed E-state index contributed by atoms with van der Waals surface area (Å²) in [6, 6.07) is 2.70. The lowest BCUT2D eigenvalue weighted by molar-refractivity contribution is -0.170. The van der Waals surface area contributed by atoms with Crippen LogP contribution in [0.25, 0.3) is 0 Å². The predicted molar refractivity (Wildman–Crippen MR) is 82.4 cm³/mol. The summed E-state index contributed by atoms with van der Waals surface area (Å²) >= 11 is 0. The summed E-state index contributed by atoms with van der Waals surface area (Å²) in [6.07, 6.45) is 5.37. The van der Waals surface area contributed by atoms with E-state index in [2.05, 4.69) is 16.1 Å². The van der Waals surface area contributed by atoms with Crippen LogP contribution in [0.3, 0.4) is 0 Å². The number of amides is 1. The van der Waals surface area contributed by atoms with E-state index in [1.807, 2.05) is 10.9 Å². The zero-order valence-electron chi connectivity index (χ0n) is 13.4. The maximum absolute atomic E-state index is 12.4. The van der Waals surface area contributed by atoms with Gasteiger partial charge >= 0.3 is 0 Å². The Bertz CT molecular complexity index is 549. The summed E-state index contributed by atoms with van der Waals surface area (Å²) < 4.78 is 7.51. The van der Waals surface area contributed by atoms with Gasteiger partial charge in [-0.15, -0.1) is 0 Å². The van der Waals surface area contributed by atoms with E-state index in [-0.39, 0.29) is 11.9 Å². The van der Waals surface area contributed by atoms with Gasteiger partial charge in [-0.05, 0) is 25.3 Å². The van der Waals surface area contributed by atoms with Crippen LogP contribution in [0.2, 0.25) is 0 Å². The molecule has 3 aliphatic rings. The summed E-state index contributed by atoms with van der Waals surface area (Å²) in [6.45, 7) is 4.82. The van der Waals surface area contributed by atoms with Gasteiger partial charge in [0, 0.05) is 38.5 Å². The molecular weight excluding hydrogens is 296 g/mol. The van der Waals surface area contributed by atoms with Gasteiger partial charge in [-0.1, -0.05) is 0 Å². The second-order valence-electron chi connectivity index (χ2n) is 6.58. The van der Waals surface area contributed by atoms with E-state index in [1.54, 1.807) is 0 Å². The first kappa shape index (κ1) is 15.1. The zero-order valence-corrected chi connectivity index (χ0v) is 13.4. The Kier molecular flexibility index (Phi) is 4.33. The van der Waals surface area contributed by atoms with Crippen molar-refractivity contribution >= 4 is 5.91 Å². The van der Waals surface area contributed by atoms with Gasteiger partial charge in [0.25, 0.3) is 0 Å². The Morgan fingerprint density at radius 3 is 2.96 bits per heavy atom. The number of aromatic nitrogens is 2. The fourth-order valence-corrected chi connectivity index (χ4v) is 3.84. The predicted octanol–water partition coefficient (Wildman–Crippen LogP) is 0.973. The van der Waals surface area contributed by atoms with Crippen LogP contribution in [-0.2, 0) is 20.9 Å². The molecule has 1 amide bonds. The normalized spacial score (nSPS) is 26.4. The van der Waals surface area contributed by atoms with E-state index in [0.29, 0.717) is 25.6 Å². The van der Waals surface area contributed by atoms with Gasteiger partial charge in [0.15, 0.2) is 0 Å². The number of carbonyl (C=O) groups is 1. The molecule has 4 heterocycles. The van der Waals surface area contributed by atoms with Crippen molar-refractivity contribution in [3.05, 3.63) is 18.0 Å². The molecule has 1 aromatic heterocycles. The highest BCUT2D eigenvalue weighted by atomic mass is 16.7. The smallest absolute Gasteiger partial charge is 0.248 e. The molecule has 0 bridgehead atoms. The summed E-state index contributed by atoms with van der Waals surface area (Å²) in [7, 11) is 0. The van der Waals surface area contributed by atoms with E-state index >= 15 is 0 Å². The van der Waals surface area contributed by atoms with E-state index in [4.69, 9.17) is 9.57 Å². The molecule has 4 rings (SSSR count). The van der Waals surface area contributed by atoms with Gasteiger partial charge in [-0.2, -0.15) is 5.10 Å². The molecule has 0 saturated carbocycles. The number of carbonyl (C=O) groups excluding carboxylic acids is 1. The number of rotatable bonds is 3. The van der Waals surface area contributed by atoms with Crippen molar-refractivity contribution in [3.8, 4) is 0 Å². The molecule has 0 spiro atoms. The molecule has 1 aromatic rings. The SMILES string of the molecule is O=C(C[C@@H]1CN(C2CCOCC2)Cc2ccnn21)N1CCCO1. The third kappa shape index (κ3) is 3.13. The molecule has 0 aliphatic carbocycles. The summed E-state index contributed by atoms with van der Waals surface area (Å²) in [5, 5.41) is 5.98. The second-order valence-corrected chi connectivity index (χ2v) is 6.58. The molecule has 126 valence electrons. The number of hydrogen-bond donors (Lipinski definition) is 0. The molecule has 2 fully saturated rings. The van der Waals surface area contributed by atoms with Crippen molar-refractivity contribution < 1.29 is 14.4 Å². The lowest BCUT2D eigenvalue weighted by Crippen LogP contribution is -2.46. The van der Waals surface area contributed by atoms with Crippen LogP contribution in [-0.4, -0.2) is 64.6 Å². The molecule has 2 saturated heterocycles. The maximum atomic E-state index is 12.4. The van der Waals surface area contributed by atoms with Gasteiger partial charge < -0.3 is 4.74 Å². The molecular formula is C16H24N4O3. The molecule has 7 heteroatoms. The average molecular weight is 320 g/mol. The number of nitrogens with zero attached hydrogens (tertiary/aromatic N) is 4. The van der Waals surface area contributed by atoms with Crippen LogP contribution in [0.5, 0.6) is 0 Å². The average Bonchev–Trinajstić information content (AvgIpc) is 3.27. The zero-order chi connectivity index (χ0) is 15.6. The molecule has 0 N–H and O–H groups in total. The van der Waals surface area contributed by atoms with Crippen LogP contribution in [0.15, 0.2) is 12.3 Å². The van der Waals surface area contributed by atoms with Gasteiger partial charge in [-0.3, -0.25) is 19.2 Å². The number of fused-ring (bicyclic) bond motifs is 1. The van der Waals surface area contributed by atoms with E-state index in [1.165, 1.54) is 10.8 Å². The standard InChI is InChI=1S/C16H24N4O3/c21-16(19-6-1-7-23-19)10-15-12-18(13-3-8-22-9-4-13)11-14-2-5-17-20(14)15/h2,5,13,15H,1,3-4,6-12H2/t15-/m1/s1. The first-order valence-electron chi connectivity index (χ1n) is 8.59. The van der Waals surface area contributed by atoms with E-state index in [9.17, 15) is 4.79 Å². The minimum absolute atomic E-state index is 0.0720. The van der Waals surface area contributed by atoms with E-state index < -0.39 is 0 Å². The highest BCUT2D eigenvalue weighted by Crippen LogP contribution is 2.28. The molecule has 0 unspecified atom stereocenters. The Balaban J connectivity index is 1.47.